The third kappa shape index (κ3) is 5.41. The Bertz CT molecular complexity index is 456. The minimum atomic E-state index is -0.817. The lowest BCUT2D eigenvalue weighted by Gasteiger charge is -2.11. The second kappa shape index (κ2) is 6.77. The predicted molar refractivity (Wildman–Crippen MR) is 71.0 cm³/mol. The van der Waals surface area contributed by atoms with Crippen LogP contribution in [0.25, 0.3) is 0 Å². The van der Waals surface area contributed by atoms with Gasteiger partial charge in [0.15, 0.2) is 0 Å². The van der Waals surface area contributed by atoms with Crippen molar-refractivity contribution < 1.29 is 14.7 Å². The number of urea groups is 1. The van der Waals surface area contributed by atoms with Crippen molar-refractivity contribution in [1.82, 2.24) is 15.1 Å². The number of nitrogens with one attached hydrogen (secondary N) is 2. The molecular formula is C12H20N4O3. The number of nitrogens with zero attached hydrogens (tertiary/aromatic N) is 2. The van der Waals surface area contributed by atoms with Crippen LogP contribution in [0, 0.1) is 12.8 Å². The molecule has 3 N–H and O–H groups in total. The van der Waals surface area contributed by atoms with Crippen molar-refractivity contribution in [2.45, 2.75) is 26.7 Å². The van der Waals surface area contributed by atoms with Gasteiger partial charge in [-0.3, -0.25) is 9.48 Å². The summed E-state index contributed by atoms with van der Waals surface area (Å²) in [4.78, 5) is 22.1. The summed E-state index contributed by atoms with van der Waals surface area (Å²) in [7, 11) is 1.78. The molecule has 106 valence electrons. The molecule has 1 aromatic heterocycles. The minimum absolute atomic E-state index is 0.117. The number of carboxylic acid groups (broad SMARTS) is 1. The molecular weight excluding hydrogens is 248 g/mol. The number of anilines is 1. The zero-order chi connectivity index (χ0) is 14.4. The topological polar surface area (TPSA) is 96.3 Å². The van der Waals surface area contributed by atoms with Crippen molar-refractivity contribution in [1.29, 1.82) is 0 Å². The van der Waals surface area contributed by atoms with Crippen LogP contribution in [0.2, 0.25) is 0 Å². The highest BCUT2D eigenvalue weighted by molar-refractivity contribution is 5.89. The molecule has 1 aromatic rings. The molecule has 1 heterocycles. The standard InChI is InChI=1S/C12H20N4O3/c1-8(4-5-11(17)18)6-13-12(19)14-10-7-16(3)15-9(10)2/h7-8H,4-6H2,1-3H3,(H,17,18)(H2,13,14,19). The van der Waals surface area contributed by atoms with Crippen molar-refractivity contribution >= 4 is 17.7 Å². The summed E-state index contributed by atoms with van der Waals surface area (Å²) >= 11 is 0. The largest absolute Gasteiger partial charge is 0.481 e. The molecule has 0 fully saturated rings. The number of hydrogen-bond donors (Lipinski definition) is 3. The molecule has 7 nitrogen and oxygen atoms in total. The molecule has 0 bridgehead atoms. The molecule has 1 rings (SSSR count). The van der Waals surface area contributed by atoms with E-state index in [4.69, 9.17) is 5.11 Å². The van der Waals surface area contributed by atoms with Crippen molar-refractivity contribution in [3.63, 3.8) is 0 Å². The van der Waals surface area contributed by atoms with E-state index < -0.39 is 5.97 Å². The highest BCUT2D eigenvalue weighted by Crippen LogP contribution is 2.11. The summed E-state index contributed by atoms with van der Waals surface area (Å²) < 4.78 is 1.63. The van der Waals surface area contributed by atoms with Gasteiger partial charge in [0.05, 0.1) is 11.4 Å². The molecule has 7 heteroatoms. The van der Waals surface area contributed by atoms with E-state index in [9.17, 15) is 9.59 Å². The van der Waals surface area contributed by atoms with E-state index in [0.717, 1.165) is 5.69 Å². The summed E-state index contributed by atoms with van der Waals surface area (Å²) in [5.41, 5.74) is 1.41. The Labute approximate surface area is 112 Å². The molecule has 1 atom stereocenters. The van der Waals surface area contributed by atoms with Crippen LogP contribution in [0.15, 0.2) is 6.20 Å². The Morgan fingerprint density at radius 1 is 1.53 bits per heavy atom. The van der Waals surface area contributed by atoms with E-state index in [1.54, 1.807) is 17.9 Å². The number of hydrogen-bond acceptors (Lipinski definition) is 3. The van der Waals surface area contributed by atoms with Gasteiger partial charge in [-0.05, 0) is 19.3 Å². The van der Waals surface area contributed by atoms with Crippen LogP contribution in [0.3, 0.4) is 0 Å². The Morgan fingerprint density at radius 3 is 2.74 bits per heavy atom. The van der Waals surface area contributed by atoms with Crippen LogP contribution in [0.1, 0.15) is 25.5 Å². The Balaban J connectivity index is 2.32. The van der Waals surface area contributed by atoms with E-state index in [0.29, 0.717) is 18.7 Å². The fraction of sp³-hybridized carbons (Fsp3) is 0.583. The molecule has 0 radical (unpaired) electrons. The Kier molecular flexibility index (Phi) is 5.35. The first-order valence-corrected chi connectivity index (χ1v) is 6.15. The molecule has 0 spiro atoms. The van der Waals surface area contributed by atoms with Crippen LogP contribution in [0.5, 0.6) is 0 Å². The molecule has 0 saturated carbocycles. The fourth-order valence-electron chi connectivity index (χ4n) is 1.63. The second-order valence-corrected chi connectivity index (χ2v) is 4.67. The van der Waals surface area contributed by atoms with Crippen molar-refractivity contribution in [2.75, 3.05) is 11.9 Å². The van der Waals surface area contributed by atoms with Gasteiger partial charge in [-0.15, -0.1) is 0 Å². The number of aliphatic carboxylic acids is 1. The fourth-order valence-corrected chi connectivity index (χ4v) is 1.63. The average Bonchev–Trinajstić information content (AvgIpc) is 2.62. The zero-order valence-corrected chi connectivity index (χ0v) is 11.4. The maximum atomic E-state index is 11.6. The second-order valence-electron chi connectivity index (χ2n) is 4.67. The van der Waals surface area contributed by atoms with Crippen molar-refractivity contribution in [2.24, 2.45) is 13.0 Å². The number of carboxylic acids is 1. The summed E-state index contributed by atoms with van der Waals surface area (Å²) in [6.45, 7) is 4.15. The maximum absolute atomic E-state index is 11.6. The smallest absolute Gasteiger partial charge is 0.319 e. The van der Waals surface area contributed by atoms with Crippen molar-refractivity contribution in [3.05, 3.63) is 11.9 Å². The lowest BCUT2D eigenvalue weighted by atomic mass is 10.1. The zero-order valence-electron chi connectivity index (χ0n) is 11.4. The number of carbonyl (C=O) groups excluding carboxylic acids is 1. The van der Waals surface area contributed by atoms with Crippen LogP contribution >= 0.6 is 0 Å². The SMILES string of the molecule is Cc1nn(C)cc1NC(=O)NCC(C)CCC(=O)O. The Hall–Kier alpha value is -2.05. The monoisotopic (exact) mass is 268 g/mol. The lowest BCUT2D eigenvalue weighted by Crippen LogP contribution is -2.32. The Morgan fingerprint density at radius 2 is 2.21 bits per heavy atom. The number of carbonyl (C=O) groups is 2. The van der Waals surface area contributed by atoms with Gasteiger partial charge in [0.2, 0.25) is 0 Å². The number of aryl methyl sites for hydroxylation is 2. The molecule has 0 aromatic carbocycles. The number of rotatable bonds is 6. The van der Waals surface area contributed by atoms with Crippen LogP contribution in [0.4, 0.5) is 10.5 Å². The molecule has 19 heavy (non-hydrogen) atoms. The van der Waals surface area contributed by atoms with Crippen LogP contribution in [-0.2, 0) is 11.8 Å². The first kappa shape index (κ1) is 15.0. The summed E-state index contributed by atoms with van der Waals surface area (Å²) in [6, 6.07) is -0.307. The van der Waals surface area contributed by atoms with E-state index in [-0.39, 0.29) is 18.4 Å². The third-order valence-corrected chi connectivity index (χ3v) is 2.72. The summed E-state index contributed by atoms with van der Waals surface area (Å²) in [6.07, 6.45) is 2.39. The van der Waals surface area contributed by atoms with E-state index in [2.05, 4.69) is 15.7 Å². The number of aromatic nitrogens is 2. The highest BCUT2D eigenvalue weighted by atomic mass is 16.4. The molecule has 0 aliphatic carbocycles. The molecule has 0 saturated heterocycles. The molecule has 0 aliphatic heterocycles. The normalized spacial score (nSPS) is 11.9. The van der Waals surface area contributed by atoms with E-state index in [1.807, 2.05) is 13.8 Å². The molecule has 0 aliphatic rings. The van der Waals surface area contributed by atoms with E-state index in [1.165, 1.54) is 0 Å². The minimum Gasteiger partial charge on any atom is -0.481 e. The quantitative estimate of drug-likeness (QED) is 0.725. The van der Waals surface area contributed by atoms with Gasteiger partial charge in [0.1, 0.15) is 0 Å². The third-order valence-electron chi connectivity index (χ3n) is 2.72. The van der Waals surface area contributed by atoms with Crippen LogP contribution in [-0.4, -0.2) is 33.4 Å². The lowest BCUT2D eigenvalue weighted by molar-refractivity contribution is -0.137. The van der Waals surface area contributed by atoms with Gasteiger partial charge in [-0.1, -0.05) is 6.92 Å². The average molecular weight is 268 g/mol. The summed E-state index contributed by atoms with van der Waals surface area (Å²) in [5.74, 6) is -0.695. The summed E-state index contributed by atoms with van der Waals surface area (Å²) in [5, 5.41) is 18.1. The van der Waals surface area contributed by atoms with E-state index >= 15 is 0 Å². The highest BCUT2D eigenvalue weighted by Gasteiger charge is 2.10. The van der Waals surface area contributed by atoms with Gasteiger partial charge in [-0.25, -0.2) is 4.79 Å². The van der Waals surface area contributed by atoms with Gasteiger partial charge in [-0.2, -0.15) is 5.10 Å². The van der Waals surface area contributed by atoms with Gasteiger partial charge < -0.3 is 15.7 Å². The van der Waals surface area contributed by atoms with Gasteiger partial charge in [0, 0.05) is 26.2 Å². The van der Waals surface area contributed by atoms with Gasteiger partial charge >= 0.3 is 12.0 Å². The van der Waals surface area contributed by atoms with Crippen molar-refractivity contribution in [3.8, 4) is 0 Å². The molecule has 1 unspecified atom stereocenters. The van der Waals surface area contributed by atoms with Gasteiger partial charge in [0.25, 0.3) is 0 Å². The number of amides is 2. The molecule has 2 amide bonds. The first-order valence-electron chi connectivity index (χ1n) is 6.15. The van der Waals surface area contributed by atoms with Crippen LogP contribution < -0.4 is 10.6 Å². The maximum Gasteiger partial charge on any atom is 0.319 e. The first-order chi connectivity index (χ1) is 8.88. The predicted octanol–water partition coefficient (Wildman–Crippen LogP) is 1.35.